The molecule has 0 spiro atoms. The standard InChI is InChI=1S/C15H13ClN4O2S/c16-12-3-1-2-4-13(12)23(21,22)11-6-8-20(10-11)15-5-7-18-14(9-17)19-15/h1-5,7,11H,6,8,10H2. The molecule has 2 aromatic rings. The molecule has 3 rings (SSSR count). The van der Waals surface area contributed by atoms with E-state index < -0.39 is 15.1 Å². The van der Waals surface area contributed by atoms with Gasteiger partial charge >= 0.3 is 0 Å². The van der Waals surface area contributed by atoms with Gasteiger partial charge in [-0.3, -0.25) is 0 Å². The second-order valence-electron chi connectivity index (χ2n) is 5.18. The fourth-order valence-corrected chi connectivity index (χ4v) is 4.84. The zero-order chi connectivity index (χ0) is 16.4. The van der Waals surface area contributed by atoms with Crippen molar-refractivity contribution in [3.63, 3.8) is 0 Å². The first-order chi connectivity index (χ1) is 11.0. The lowest BCUT2D eigenvalue weighted by Crippen LogP contribution is -2.27. The minimum Gasteiger partial charge on any atom is -0.355 e. The maximum atomic E-state index is 12.8. The van der Waals surface area contributed by atoms with E-state index in [1.165, 1.54) is 12.3 Å². The Morgan fingerprint density at radius 2 is 2.09 bits per heavy atom. The molecule has 0 radical (unpaired) electrons. The molecule has 8 heteroatoms. The smallest absolute Gasteiger partial charge is 0.234 e. The summed E-state index contributed by atoms with van der Waals surface area (Å²) in [6.07, 6.45) is 1.98. The lowest BCUT2D eigenvalue weighted by atomic mass is 10.4. The molecule has 1 aliphatic rings. The lowest BCUT2D eigenvalue weighted by molar-refractivity contribution is 0.583. The van der Waals surface area contributed by atoms with E-state index in [9.17, 15) is 8.42 Å². The van der Waals surface area contributed by atoms with E-state index in [0.29, 0.717) is 25.3 Å². The Bertz CT molecular complexity index is 879. The summed E-state index contributed by atoms with van der Waals surface area (Å²) in [5.41, 5.74) is 0. The van der Waals surface area contributed by atoms with Crippen LogP contribution in [0.25, 0.3) is 0 Å². The number of halogens is 1. The summed E-state index contributed by atoms with van der Waals surface area (Å²) in [6.45, 7) is 0.867. The zero-order valence-electron chi connectivity index (χ0n) is 12.1. The van der Waals surface area contributed by atoms with Gasteiger partial charge in [-0.1, -0.05) is 23.7 Å². The van der Waals surface area contributed by atoms with Crippen LogP contribution in [-0.2, 0) is 9.84 Å². The average molecular weight is 349 g/mol. The molecular formula is C15H13ClN4O2S. The molecule has 2 heterocycles. The van der Waals surface area contributed by atoms with Crippen LogP contribution in [0, 0.1) is 11.3 Å². The number of hydrogen-bond acceptors (Lipinski definition) is 6. The summed E-state index contributed by atoms with van der Waals surface area (Å²) in [6, 6.07) is 10.0. The molecule has 0 bridgehead atoms. The van der Waals surface area contributed by atoms with Gasteiger partial charge in [0.05, 0.1) is 15.2 Å². The van der Waals surface area contributed by atoms with Crippen LogP contribution >= 0.6 is 11.6 Å². The van der Waals surface area contributed by atoms with E-state index in [1.54, 1.807) is 24.3 Å². The van der Waals surface area contributed by atoms with Crippen molar-refractivity contribution >= 4 is 27.3 Å². The molecule has 1 fully saturated rings. The van der Waals surface area contributed by atoms with Crippen molar-refractivity contribution in [3.05, 3.63) is 47.4 Å². The molecule has 0 N–H and O–H groups in total. The number of anilines is 1. The minimum absolute atomic E-state index is 0.0694. The highest BCUT2D eigenvalue weighted by molar-refractivity contribution is 7.92. The lowest BCUT2D eigenvalue weighted by Gasteiger charge is -2.17. The molecule has 1 saturated heterocycles. The molecule has 118 valence electrons. The van der Waals surface area contributed by atoms with E-state index in [0.717, 1.165) is 0 Å². The molecule has 23 heavy (non-hydrogen) atoms. The minimum atomic E-state index is -3.51. The summed E-state index contributed by atoms with van der Waals surface area (Å²) in [5.74, 6) is 0.633. The van der Waals surface area contributed by atoms with Crippen molar-refractivity contribution < 1.29 is 8.42 Å². The van der Waals surface area contributed by atoms with E-state index in [-0.39, 0.29) is 15.7 Å². The number of sulfone groups is 1. The van der Waals surface area contributed by atoms with Gasteiger partial charge in [-0.15, -0.1) is 0 Å². The normalized spacial score (nSPS) is 17.9. The molecule has 6 nitrogen and oxygen atoms in total. The molecule has 1 atom stereocenters. The SMILES string of the molecule is N#Cc1nccc(N2CCC(S(=O)(=O)c3ccccc3Cl)C2)n1. The van der Waals surface area contributed by atoms with Crippen molar-refractivity contribution in [2.45, 2.75) is 16.6 Å². The summed E-state index contributed by atoms with van der Waals surface area (Å²) >= 11 is 6.03. The predicted molar refractivity (Wildman–Crippen MR) is 86.0 cm³/mol. The van der Waals surface area contributed by atoms with Crippen LogP contribution in [0.15, 0.2) is 41.4 Å². The number of hydrogen-bond donors (Lipinski definition) is 0. The number of aromatic nitrogens is 2. The van der Waals surface area contributed by atoms with Gasteiger partial charge in [-0.2, -0.15) is 5.26 Å². The van der Waals surface area contributed by atoms with E-state index in [1.807, 2.05) is 11.0 Å². The summed E-state index contributed by atoms with van der Waals surface area (Å²) in [4.78, 5) is 9.94. The Hall–Kier alpha value is -2.17. The monoisotopic (exact) mass is 348 g/mol. The molecule has 1 aliphatic heterocycles. The van der Waals surface area contributed by atoms with Crippen LogP contribution in [0.3, 0.4) is 0 Å². The maximum absolute atomic E-state index is 12.8. The van der Waals surface area contributed by atoms with Crippen LogP contribution in [0.5, 0.6) is 0 Å². The Balaban J connectivity index is 1.85. The molecule has 1 aromatic carbocycles. The average Bonchev–Trinajstić information content (AvgIpc) is 3.06. The van der Waals surface area contributed by atoms with Crippen LogP contribution in [0.2, 0.25) is 5.02 Å². The Morgan fingerprint density at radius 1 is 1.30 bits per heavy atom. The van der Waals surface area contributed by atoms with E-state index >= 15 is 0 Å². The van der Waals surface area contributed by atoms with Gasteiger partial charge in [0, 0.05) is 19.3 Å². The van der Waals surface area contributed by atoms with Crippen LogP contribution in [0.4, 0.5) is 5.82 Å². The summed E-state index contributed by atoms with van der Waals surface area (Å²) < 4.78 is 25.5. The fraction of sp³-hybridized carbons (Fsp3) is 0.267. The highest BCUT2D eigenvalue weighted by atomic mass is 35.5. The van der Waals surface area contributed by atoms with Gasteiger partial charge in [0.2, 0.25) is 5.82 Å². The van der Waals surface area contributed by atoms with Crippen molar-refractivity contribution in [1.29, 1.82) is 5.26 Å². The third kappa shape index (κ3) is 3.00. The highest BCUT2D eigenvalue weighted by Gasteiger charge is 2.35. The zero-order valence-corrected chi connectivity index (χ0v) is 13.6. The Kier molecular flexibility index (Phi) is 4.20. The molecule has 1 aromatic heterocycles. The van der Waals surface area contributed by atoms with Gasteiger partial charge < -0.3 is 4.90 Å². The van der Waals surface area contributed by atoms with Gasteiger partial charge in [-0.25, -0.2) is 18.4 Å². The molecule has 1 unspecified atom stereocenters. The van der Waals surface area contributed by atoms with E-state index in [2.05, 4.69) is 9.97 Å². The van der Waals surface area contributed by atoms with Gasteiger partial charge in [-0.05, 0) is 24.6 Å². The van der Waals surface area contributed by atoms with Gasteiger partial charge in [0.15, 0.2) is 9.84 Å². The molecule has 0 amide bonds. The highest BCUT2D eigenvalue weighted by Crippen LogP contribution is 2.30. The number of benzene rings is 1. The number of rotatable bonds is 3. The second-order valence-corrected chi connectivity index (χ2v) is 7.79. The summed E-state index contributed by atoms with van der Waals surface area (Å²) in [5, 5.41) is 8.54. The molecule has 0 saturated carbocycles. The Morgan fingerprint density at radius 3 is 2.83 bits per heavy atom. The third-order valence-corrected chi connectivity index (χ3v) is 6.47. The second kappa shape index (κ2) is 6.14. The van der Waals surface area contributed by atoms with Crippen molar-refractivity contribution in [1.82, 2.24) is 9.97 Å². The number of nitriles is 1. The quantitative estimate of drug-likeness (QED) is 0.843. The first-order valence-electron chi connectivity index (χ1n) is 6.99. The van der Waals surface area contributed by atoms with Crippen molar-refractivity contribution in [3.8, 4) is 6.07 Å². The van der Waals surface area contributed by atoms with Gasteiger partial charge in [0.25, 0.3) is 0 Å². The third-order valence-electron chi connectivity index (χ3n) is 3.79. The van der Waals surface area contributed by atoms with Crippen LogP contribution in [-0.4, -0.2) is 36.7 Å². The molecule has 0 aliphatic carbocycles. The first-order valence-corrected chi connectivity index (χ1v) is 8.91. The first kappa shape index (κ1) is 15.7. The van der Waals surface area contributed by atoms with Gasteiger partial charge in [0.1, 0.15) is 11.9 Å². The predicted octanol–water partition coefficient (Wildman–Crippen LogP) is 2.05. The maximum Gasteiger partial charge on any atom is 0.234 e. The Labute approximate surface area is 139 Å². The number of nitrogens with zero attached hydrogens (tertiary/aromatic N) is 4. The van der Waals surface area contributed by atoms with Crippen molar-refractivity contribution in [2.75, 3.05) is 18.0 Å². The topological polar surface area (TPSA) is 87.0 Å². The fourth-order valence-electron chi connectivity index (χ4n) is 2.62. The van der Waals surface area contributed by atoms with Crippen molar-refractivity contribution in [2.24, 2.45) is 0 Å². The largest absolute Gasteiger partial charge is 0.355 e. The van der Waals surface area contributed by atoms with Crippen LogP contribution in [0.1, 0.15) is 12.2 Å². The van der Waals surface area contributed by atoms with Crippen LogP contribution < -0.4 is 4.90 Å². The van der Waals surface area contributed by atoms with E-state index in [4.69, 9.17) is 16.9 Å². The molecular weight excluding hydrogens is 336 g/mol. The summed E-state index contributed by atoms with van der Waals surface area (Å²) in [7, 11) is -3.51.